The molecule has 19 heavy (non-hydrogen) atoms. The Morgan fingerprint density at radius 3 is 2.89 bits per heavy atom. The Kier molecular flexibility index (Phi) is 3.90. The first kappa shape index (κ1) is 13.6. The largest absolute Gasteiger partial charge is 0.481 e. The molecule has 2 N–H and O–H groups in total. The first-order valence-corrected chi connectivity index (χ1v) is 6.83. The van der Waals surface area contributed by atoms with Gasteiger partial charge in [0.05, 0.1) is 18.2 Å². The SMILES string of the molecule is Cc1cc(C(C)Nc2nc(CC(=O)O)cs2)c(C)o1. The van der Waals surface area contributed by atoms with Gasteiger partial charge in [-0.1, -0.05) is 0 Å². The Morgan fingerprint density at radius 1 is 1.58 bits per heavy atom. The van der Waals surface area contributed by atoms with Crippen LogP contribution in [-0.4, -0.2) is 16.1 Å². The van der Waals surface area contributed by atoms with Crippen molar-refractivity contribution < 1.29 is 14.3 Å². The van der Waals surface area contributed by atoms with Gasteiger partial charge in [0.1, 0.15) is 11.5 Å². The van der Waals surface area contributed by atoms with Gasteiger partial charge in [-0.3, -0.25) is 4.79 Å². The van der Waals surface area contributed by atoms with Crippen LogP contribution in [0.2, 0.25) is 0 Å². The van der Waals surface area contributed by atoms with Gasteiger partial charge in [0.15, 0.2) is 5.13 Å². The minimum atomic E-state index is -0.869. The first-order valence-electron chi connectivity index (χ1n) is 5.95. The molecule has 102 valence electrons. The first-order chi connectivity index (χ1) is 8.95. The van der Waals surface area contributed by atoms with Crippen LogP contribution < -0.4 is 5.32 Å². The summed E-state index contributed by atoms with van der Waals surface area (Å²) in [5, 5.41) is 14.5. The highest BCUT2D eigenvalue weighted by atomic mass is 32.1. The van der Waals surface area contributed by atoms with Crippen molar-refractivity contribution in [3.05, 3.63) is 34.2 Å². The van der Waals surface area contributed by atoms with Crippen LogP contribution in [0.5, 0.6) is 0 Å². The highest BCUT2D eigenvalue weighted by Gasteiger charge is 2.14. The van der Waals surface area contributed by atoms with Gasteiger partial charge in [0, 0.05) is 10.9 Å². The van der Waals surface area contributed by atoms with Crippen molar-refractivity contribution in [2.24, 2.45) is 0 Å². The summed E-state index contributed by atoms with van der Waals surface area (Å²) in [6.07, 6.45) is -0.0452. The summed E-state index contributed by atoms with van der Waals surface area (Å²) in [6, 6.07) is 2.07. The minimum absolute atomic E-state index is 0.0452. The second kappa shape index (κ2) is 5.44. The van der Waals surface area contributed by atoms with E-state index in [0.29, 0.717) is 5.69 Å². The molecule has 2 aromatic heterocycles. The lowest BCUT2D eigenvalue weighted by molar-refractivity contribution is -0.136. The number of hydrogen-bond donors (Lipinski definition) is 2. The van der Waals surface area contributed by atoms with Gasteiger partial charge in [0.25, 0.3) is 0 Å². The van der Waals surface area contributed by atoms with Crippen LogP contribution in [0.25, 0.3) is 0 Å². The number of carbonyl (C=O) groups is 1. The number of thiazole rings is 1. The quantitative estimate of drug-likeness (QED) is 0.880. The second-order valence-electron chi connectivity index (χ2n) is 4.45. The van der Waals surface area contributed by atoms with E-state index in [0.717, 1.165) is 22.2 Å². The Morgan fingerprint density at radius 2 is 2.32 bits per heavy atom. The zero-order chi connectivity index (χ0) is 14.0. The maximum Gasteiger partial charge on any atom is 0.309 e. The number of carboxylic acid groups (broad SMARTS) is 1. The molecule has 0 saturated carbocycles. The number of aromatic nitrogens is 1. The maximum absolute atomic E-state index is 10.6. The molecule has 0 spiro atoms. The summed E-state index contributed by atoms with van der Waals surface area (Å²) in [4.78, 5) is 14.8. The lowest BCUT2D eigenvalue weighted by Crippen LogP contribution is -2.07. The van der Waals surface area contributed by atoms with Crippen molar-refractivity contribution in [3.8, 4) is 0 Å². The van der Waals surface area contributed by atoms with Gasteiger partial charge in [-0.05, 0) is 26.8 Å². The molecule has 5 nitrogen and oxygen atoms in total. The second-order valence-corrected chi connectivity index (χ2v) is 5.31. The van der Waals surface area contributed by atoms with E-state index >= 15 is 0 Å². The standard InChI is InChI=1S/C13H16N2O3S/c1-7-4-11(9(3)18-7)8(2)14-13-15-10(6-19-13)5-12(16)17/h4,6,8H,5H2,1-3H3,(H,14,15)(H,16,17). The summed E-state index contributed by atoms with van der Waals surface area (Å²) < 4.78 is 5.50. The van der Waals surface area contributed by atoms with Gasteiger partial charge in [-0.15, -0.1) is 11.3 Å². The third-order valence-corrected chi connectivity index (χ3v) is 3.59. The normalized spacial score (nSPS) is 12.4. The zero-order valence-corrected chi connectivity index (χ0v) is 11.9. The molecular weight excluding hydrogens is 264 g/mol. The van der Waals surface area contributed by atoms with Crippen molar-refractivity contribution >= 4 is 22.4 Å². The summed E-state index contributed by atoms with van der Waals surface area (Å²) in [5.41, 5.74) is 1.67. The average molecular weight is 280 g/mol. The highest BCUT2D eigenvalue weighted by molar-refractivity contribution is 7.13. The van der Waals surface area contributed by atoms with Crippen molar-refractivity contribution in [1.82, 2.24) is 4.98 Å². The van der Waals surface area contributed by atoms with Gasteiger partial charge >= 0.3 is 5.97 Å². The topological polar surface area (TPSA) is 75.4 Å². The molecule has 6 heteroatoms. The van der Waals surface area contributed by atoms with Crippen molar-refractivity contribution in [2.75, 3.05) is 5.32 Å². The van der Waals surface area contributed by atoms with E-state index in [1.54, 1.807) is 5.38 Å². The summed E-state index contributed by atoms with van der Waals surface area (Å²) in [7, 11) is 0. The summed E-state index contributed by atoms with van der Waals surface area (Å²) in [6.45, 7) is 5.87. The number of rotatable bonds is 5. The Labute approximate surface area is 115 Å². The number of nitrogens with one attached hydrogen (secondary N) is 1. The molecule has 0 amide bonds. The van der Waals surface area contributed by atoms with E-state index < -0.39 is 5.97 Å². The maximum atomic E-state index is 10.6. The molecule has 0 radical (unpaired) electrons. The van der Waals surface area contributed by atoms with Crippen molar-refractivity contribution in [2.45, 2.75) is 33.2 Å². The van der Waals surface area contributed by atoms with Crippen LogP contribution in [0.1, 0.15) is 35.7 Å². The summed E-state index contributed by atoms with van der Waals surface area (Å²) in [5.74, 6) is 0.901. The van der Waals surface area contributed by atoms with Crippen LogP contribution in [0.4, 0.5) is 5.13 Å². The fourth-order valence-corrected chi connectivity index (χ4v) is 2.75. The van der Waals surface area contributed by atoms with E-state index in [9.17, 15) is 4.79 Å². The third-order valence-electron chi connectivity index (χ3n) is 2.77. The third kappa shape index (κ3) is 3.35. The number of nitrogens with zero attached hydrogens (tertiary/aromatic N) is 1. The molecule has 2 heterocycles. The predicted octanol–water partition coefficient (Wildman–Crippen LogP) is 3.15. The van der Waals surface area contributed by atoms with E-state index in [4.69, 9.17) is 9.52 Å². The Hall–Kier alpha value is -1.82. The lowest BCUT2D eigenvalue weighted by atomic mass is 10.1. The van der Waals surface area contributed by atoms with Crippen LogP contribution in [0, 0.1) is 13.8 Å². The molecule has 0 saturated heterocycles. The Bertz CT molecular complexity index is 588. The lowest BCUT2D eigenvalue weighted by Gasteiger charge is -2.11. The van der Waals surface area contributed by atoms with Crippen LogP contribution in [0.3, 0.4) is 0 Å². The predicted molar refractivity (Wildman–Crippen MR) is 73.7 cm³/mol. The van der Waals surface area contributed by atoms with Crippen LogP contribution in [-0.2, 0) is 11.2 Å². The molecule has 0 aromatic carbocycles. The zero-order valence-electron chi connectivity index (χ0n) is 11.1. The molecule has 0 aliphatic carbocycles. The number of furan rings is 1. The molecule has 2 aromatic rings. The molecule has 0 aliphatic heterocycles. The van der Waals surface area contributed by atoms with Crippen molar-refractivity contribution in [3.63, 3.8) is 0 Å². The fourth-order valence-electron chi connectivity index (χ4n) is 1.95. The average Bonchev–Trinajstić information content (AvgIpc) is 2.84. The Balaban J connectivity index is 2.06. The molecular formula is C13H16N2O3S. The number of hydrogen-bond acceptors (Lipinski definition) is 5. The van der Waals surface area contributed by atoms with Gasteiger partial charge in [0.2, 0.25) is 0 Å². The van der Waals surface area contributed by atoms with E-state index in [1.807, 2.05) is 26.8 Å². The van der Waals surface area contributed by atoms with Gasteiger partial charge < -0.3 is 14.8 Å². The number of aryl methyl sites for hydroxylation is 2. The molecule has 0 fully saturated rings. The molecule has 2 rings (SSSR count). The summed E-state index contributed by atoms with van der Waals surface area (Å²) >= 11 is 1.41. The number of carboxylic acids is 1. The fraction of sp³-hybridized carbons (Fsp3) is 0.385. The van der Waals surface area contributed by atoms with Gasteiger partial charge in [-0.2, -0.15) is 0 Å². The van der Waals surface area contributed by atoms with Crippen LogP contribution in [0.15, 0.2) is 15.9 Å². The molecule has 1 atom stereocenters. The smallest absolute Gasteiger partial charge is 0.309 e. The van der Waals surface area contributed by atoms with Gasteiger partial charge in [-0.25, -0.2) is 4.98 Å². The number of aliphatic carboxylic acids is 1. The highest BCUT2D eigenvalue weighted by Crippen LogP contribution is 2.26. The monoisotopic (exact) mass is 280 g/mol. The molecule has 0 aliphatic rings. The van der Waals surface area contributed by atoms with E-state index in [2.05, 4.69) is 10.3 Å². The number of anilines is 1. The van der Waals surface area contributed by atoms with E-state index in [1.165, 1.54) is 11.3 Å². The molecule has 0 bridgehead atoms. The van der Waals surface area contributed by atoms with E-state index in [-0.39, 0.29) is 12.5 Å². The van der Waals surface area contributed by atoms with Crippen molar-refractivity contribution in [1.29, 1.82) is 0 Å². The van der Waals surface area contributed by atoms with Crippen LogP contribution >= 0.6 is 11.3 Å². The molecule has 1 unspecified atom stereocenters. The minimum Gasteiger partial charge on any atom is -0.481 e.